The van der Waals surface area contributed by atoms with E-state index >= 15 is 0 Å². The lowest BCUT2D eigenvalue weighted by Gasteiger charge is -2.11. The van der Waals surface area contributed by atoms with Gasteiger partial charge in [0.25, 0.3) is 0 Å². The van der Waals surface area contributed by atoms with E-state index < -0.39 is 0 Å². The van der Waals surface area contributed by atoms with Crippen LogP contribution in [0.25, 0.3) is 0 Å². The lowest BCUT2D eigenvalue weighted by atomic mass is 10.2. The van der Waals surface area contributed by atoms with Crippen molar-refractivity contribution < 1.29 is 4.74 Å². The molecule has 0 bridgehead atoms. The number of nitrogens with zero attached hydrogens (tertiary/aromatic N) is 3. The van der Waals surface area contributed by atoms with Crippen molar-refractivity contribution >= 4 is 0 Å². The summed E-state index contributed by atoms with van der Waals surface area (Å²) in [7, 11) is 0. The zero-order valence-electron chi connectivity index (χ0n) is 9.03. The van der Waals surface area contributed by atoms with E-state index in [4.69, 9.17) is 10.5 Å². The summed E-state index contributed by atoms with van der Waals surface area (Å²) < 4.78 is 7.29. The minimum Gasteiger partial charge on any atom is -0.464 e. The summed E-state index contributed by atoms with van der Waals surface area (Å²) in [5.74, 6) is 1.30. The van der Waals surface area contributed by atoms with Crippen LogP contribution >= 0.6 is 0 Å². The van der Waals surface area contributed by atoms with Crippen LogP contribution in [0.5, 0.6) is 6.01 Å². The maximum atomic E-state index is 5.56. The topological polar surface area (TPSA) is 66.0 Å². The van der Waals surface area contributed by atoms with Gasteiger partial charge >= 0.3 is 6.01 Å². The Kier molecular flexibility index (Phi) is 3.88. The molecule has 1 aromatic heterocycles. The predicted molar refractivity (Wildman–Crippen MR) is 53.9 cm³/mol. The molecule has 1 aromatic rings. The molecule has 14 heavy (non-hydrogen) atoms. The van der Waals surface area contributed by atoms with E-state index in [0.29, 0.717) is 25.1 Å². The lowest BCUT2D eigenvalue weighted by molar-refractivity contribution is 0.287. The van der Waals surface area contributed by atoms with E-state index in [1.807, 2.05) is 11.5 Å². The number of aromatic nitrogens is 3. The highest BCUT2D eigenvalue weighted by Gasteiger charge is 2.12. The van der Waals surface area contributed by atoms with Crippen molar-refractivity contribution in [3.05, 3.63) is 5.82 Å². The van der Waals surface area contributed by atoms with Crippen molar-refractivity contribution in [2.45, 2.75) is 33.9 Å². The minimum absolute atomic E-state index is 0.396. The summed E-state index contributed by atoms with van der Waals surface area (Å²) in [5.41, 5.74) is 5.56. The monoisotopic (exact) mass is 198 g/mol. The Morgan fingerprint density at radius 2 is 2.14 bits per heavy atom. The molecule has 0 aliphatic rings. The molecule has 0 saturated carbocycles. The van der Waals surface area contributed by atoms with Gasteiger partial charge in [-0.3, -0.25) is 4.57 Å². The Bertz CT molecular complexity index is 282. The second-order valence-corrected chi connectivity index (χ2v) is 3.54. The van der Waals surface area contributed by atoms with Crippen LogP contribution in [0.15, 0.2) is 0 Å². The fourth-order valence-corrected chi connectivity index (χ4v) is 1.25. The predicted octanol–water partition coefficient (Wildman–Crippen LogP) is 0.791. The number of nitrogens with two attached hydrogens (primary N) is 1. The number of hydrogen-bond donors (Lipinski definition) is 1. The standard InChI is InChI=1S/C9H18N4O/c1-4-14-9-12-11-8(5-10)13(9)6-7(2)3/h7H,4-6,10H2,1-3H3. The van der Waals surface area contributed by atoms with Crippen molar-refractivity contribution in [3.8, 4) is 6.01 Å². The summed E-state index contributed by atoms with van der Waals surface area (Å²) in [5, 5.41) is 7.91. The van der Waals surface area contributed by atoms with Crippen LogP contribution in [0.3, 0.4) is 0 Å². The molecule has 1 heterocycles. The van der Waals surface area contributed by atoms with Crippen LogP contribution in [0.1, 0.15) is 26.6 Å². The third-order valence-corrected chi connectivity index (χ3v) is 1.80. The SMILES string of the molecule is CCOc1nnc(CN)n1CC(C)C. The first-order valence-corrected chi connectivity index (χ1v) is 4.94. The molecule has 0 atom stereocenters. The Balaban J connectivity index is 2.87. The van der Waals surface area contributed by atoms with Gasteiger partial charge in [-0.15, -0.1) is 5.10 Å². The summed E-state index contributed by atoms with van der Waals surface area (Å²) in [4.78, 5) is 0. The molecule has 2 N–H and O–H groups in total. The molecule has 0 amide bonds. The van der Waals surface area contributed by atoms with Gasteiger partial charge in [0.1, 0.15) is 5.82 Å². The van der Waals surface area contributed by atoms with Crippen molar-refractivity contribution in [1.82, 2.24) is 14.8 Å². The first-order chi connectivity index (χ1) is 6.69. The molecule has 0 aromatic carbocycles. The zero-order valence-corrected chi connectivity index (χ0v) is 9.03. The first kappa shape index (κ1) is 11.0. The lowest BCUT2D eigenvalue weighted by Crippen LogP contribution is -2.13. The van der Waals surface area contributed by atoms with Gasteiger partial charge in [0.2, 0.25) is 0 Å². The van der Waals surface area contributed by atoms with Crippen LogP contribution in [0.2, 0.25) is 0 Å². The van der Waals surface area contributed by atoms with Crippen LogP contribution in [0, 0.1) is 5.92 Å². The summed E-state index contributed by atoms with van der Waals surface area (Å²) >= 11 is 0. The van der Waals surface area contributed by atoms with Gasteiger partial charge in [-0.05, 0) is 12.8 Å². The highest BCUT2D eigenvalue weighted by molar-refractivity contribution is 5.00. The van der Waals surface area contributed by atoms with Gasteiger partial charge in [0, 0.05) is 6.54 Å². The van der Waals surface area contributed by atoms with E-state index in [-0.39, 0.29) is 0 Å². The number of rotatable bonds is 5. The van der Waals surface area contributed by atoms with Crippen LogP contribution in [0.4, 0.5) is 0 Å². The Hall–Kier alpha value is -1.10. The molecule has 5 heteroatoms. The van der Waals surface area contributed by atoms with Crippen LogP contribution in [-0.2, 0) is 13.1 Å². The van der Waals surface area contributed by atoms with Gasteiger partial charge < -0.3 is 10.5 Å². The van der Waals surface area contributed by atoms with Gasteiger partial charge in [0.15, 0.2) is 0 Å². The fraction of sp³-hybridized carbons (Fsp3) is 0.778. The third-order valence-electron chi connectivity index (χ3n) is 1.80. The molecular weight excluding hydrogens is 180 g/mol. The van der Waals surface area contributed by atoms with E-state index in [9.17, 15) is 0 Å². The zero-order chi connectivity index (χ0) is 10.6. The van der Waals surface area contributed by atoms with Crippen molar-refractivity contribution in [1.29, 1.82) is 0 Å². The van der Waals surface area contributed by atoms with Gasteiger partial charge in [-0.1, -0.05) is 18.9 Å². The highest BCUT2D eigenvalue weighted by atomic mass is 16.5. The molecule has 5 nitrogen and oxygen atoms in total. The molecule has 0 spiro atoms. The second-order valence-electron chi connectivity index (χ2n) is 3.54. The van der Waals surface area contributed by atoms with Crippen LogP contribution < -0.4 is 10.5 Å². The number of ether oxygens (including phenoxy) is 1. The smallest absolute Gasteiger partial charge is 0.316 e. The normalized spacial score (nSPS) is 10.9. The Labute approximate surface area is 84.3 Å². The summed E-state index contributed by atoms with van der Waals surface area (Å²) in [6.07, 6.45) is 0. The van der Waals surface area contributed by atoms with Crippen LogP contribution in [-0.4, -0.2) is 21.4 Å². The maximum Gasteiger partial charge on any atom is 0.316 e. The molecule has 80 valence electrons. The summed E-state index contributed by atoms with van der Waals surface area (Å²) in [6.45, 7) is 8.03. The quantitative estimate of drug-likeness (QED) is 0.759. The molecule has 0 aliphatic carbocycles. The van der Waals surface area contributed by atoms with E-state index in [1.54, 1.807) is 0 Å². The molecule has 1 rings (SSSR count). The van der Waals surface area contributed by atoms with Crippen molar-refractivity contribution in [3.63, 3.8) is 0 Å². The largest absolute Gasteiger partial charge is 0.464 e. The average Bonchev–Trinajstić information content (AvgIpc) is 2.48. The molecule has 0 fully saturated rings. The minimum atomic E-state index is 0.396. The molecule has 0 aliphatic heterocycles. The summed E-state index contributed by atoms with van der Waals surface area (Å²) in [6, 6.07) is 0.571. The van der Waals surface area contributed by atoms with E-state index in [2.05, 4.69) is 24.0 Å². The van der Waals surface area contributed by atoms with Gasteiger partial charge in [-0.2, -0.15) is 0 Å². The third kappa shape index (κ3) is 2.45. The Morgan fingerprint density at radius 1 is 1.43 bits per heavy atom. The van der Waals surface area contributed by atoms with E-state index in [1.165, 1.54) is 0 Å². The average molecular weight is 198 g/mol. The highest BCUT2D eigenvalue weighted by Crippen LogP contribution is 2.12. The molecule has 0 radical (unpaired) electrons. The second kappa shape index (κ2) is 4.95. The van der Waals surface area contributed by atoms with Gasteiger partial charge in [-0.25, -0.2) is 0 Å². The first-order valence-electron chi connectivity index (χ1n) is 4.94. The van der Waals surface area contributed by atoms with Crippen molar-refractivity contribution in [2.75, 3.05) is 6.61 Å². The molecule has 0 saturated heterocycles. The molecule has 0 unspecified atom stereocenters. The van der Waals surface area contributed by atoms with E-state index in [0.717, 1.165) is 12.4 Å². The van der Waals surface area contributed by atoms with Gasteiger partial charge in [0.05, 0.1) is 13.2 Å². The number of hydrogen-bond acceptors (Lipinski definition) is 4. The Morgan fingerprint density at radius 3 is 2.64 bits per heavy atom. The maximum absolute atomic E-state index is 5.56. The fourth-order valence-electron chi connectivity index (χ4n) is 1.25. The molecular formula is C9H18N4O. The van der Waals surface area contributed by atoms with Crippen molar-refractivity contribution in [2.24, 2.45) is 11.7 Å².